The fraction of sp³-hybridized carbons (Fsp3) is 0.221. The third kappa shape index (κ3) is 24.5. The molecule has 0 amide bonds. The summed E-state index contributed by atoms with van der Waals surface area (Å²) in [5, 5.41) is 35.2. The number of aliphatic hydroxyl groups excluding tert-OH is 1. The molecule has 0 saturated carbocycles. The monoisotopic (exact) mass is 1460 g/mol. The number of hydrogen-bond donors (Lipinski definition) is 7. The fourth-order valence-corrected chi connectivity index (χ4v) is 9.75. The second kappa shape index (κ2) is 42.7. The normalized spacial score (nSPS) is 10.2. The number of carboxylic acid groups (broad SMARTS) is 2. The van der Waals surface area contributed by atoms with Crippen LogP contribution in [-0.4, -0.2) is 137 Å². The maximum atomic E-state index is 11.7. The SMILES string of the molecule is C.CC(C)N.CC(C)Nc1nc2cc(C(=O)O)ccc2nc1-c1ccccc1.CC(C)Nc1nc2cc(C(=O)O)ccc2nc1-c1ccccc1.CO.COC(=O)c1ccc2nc(-c3ccccc3)c(Br)nc2c1.COC(=O)c1ccc2nc(-c3ccccc3)c(NC(C)C)nc2c1.[2H]CF.[Na+].[OH-]. The molecule has 102 heavy (non-hydrogen) atoms. The van der Waals surface area contributed by atoms with Crippen LogP contribution in [-0.2, 0) is 9.47 Å². The quantitative estimate of drug-likeness (QED) is 0.0393. The van der Waals surface area contributed by atoms with E-state index in [0.717, 1.165) is 63.2 Å². The van der Waals surface area contributed by atoms with Gasteiger partial charge in [-0.2, -0.15) is 0 Å². The number of nitrogens with zero attached hydrogens (tertiary/aromatic N) is 8. The van der Waals surface area contributed by atoms with E-state index >= 15 is 0 Å². The maximum Gasteiger partial charge on any atom is 1.00 e. The number of carboxylic acids is 2. The number of fused-ring (bicyclic) bond motifs is 4. The number of methoxy groups -OCH3 is 2. The number of aromatic nitrogens is 8. The van der Waals surface area contributed by atoms with Gasteiger partial charge in [0.2, 0.25) is 0 Å². The molecule has 0 atom stereocenters. The number of rotatable bonds is 14. The summed E-state index contributed by atoms with van der Waals surface area (Å²) in [5.41, 5.74) is 18.6. The number of benzene rings is 8. The van der Waals surface area contributed by atoms with Gasteiger partial charge in [-0.3, -0.25) is 4.39 Å². The van der Waals surface area contributed by atoms with Crippen LogP contribution in [0.3, 0.4) is 0 Å². The van der Waals surface area contributed by atoms with Crippen molar-refractivity contribution in [3.63, 3.8) is 0 Å². The first-order valence-corrected chi connectivity index (χ1v) is 31.9. The summed E-state index contributed by atoms with van der Waals surface area (Å²) in [7, 11) is 2.72. The average Bonchev–Trinajstić information content (AvgIpc) is 0.809. The molecule has 0 unspecified atom stereocenters. The van der Waals surface area contributed by atoms with Crippen LogP contribution < -0.4 is 51.2 Å². The van der Waals surface area contributed by atoms with Gasteiger partial charge in [0.15, 0.2) is 17.5 Å². The summed E-state index contributed by atoms with van der Waals surface area (Å²) < 4.78 is 25.6. The van der Waals surface area contributed by atoms with Crippen molar-refractivity contribution >= 4 is 101 Å². The Bertz CT molecular complexity index is 4550. The van der Waals surface area contributed by atoms with E-state index < -0.39 is 19.1 Å². The second-order valence-electron chi connectivity index (χ2n) is 22.6. The number of anilines is 3. The van der Waals surface area contributed by atoms with Gasteiger partial charge in [-0.1, -0.05) is 143 Å². The number of ether oxygens (including phenoxy) is 2. The minimum atomic E-state index is -1.00. The Morgan fingerprint density at radius 3 is 0.892 bits per heavy atom. The van der Waals surface area contributed by atoms with Gasteiger partial charge < -0.3 is 52.0 Å². The van der Waals surface area contributed by atoms with Crippen LogP contribution >= 0.6 is 15.9 Å². The van der Waals surface area contributed by atoms with Gasteiger partial charge in [-0.05, 0) is 136 Å². The Labute approximate surface area is 625 Å². The molecule has 12 rings (SSSR count). The first kappa shape index (κ1) is 84.1. The molecule has 8 aromatic carbocycles. The number of alkyl halides is 1. The van der Waals surface area contributed by atoms with Gasteiger partial charge in [-0.25, -0.2) is 59.0 Å². The van der Waals surface area contributed by atoms with Gasteiger partial charge in [0.05, 0.1) is 89.1 Å². The molecule has 25 heteroatoms. The summed E-state index contributed by atoms with van der Waals surface area (Å²) in [4.78, 5) is 82.6. The summed E-state index contributed by atoms with van der Waals surface area (Å²) >= 11 is 3.44. The molecule has 12 aromatic rings. The van der Waals surface area contributed by atoms with Crippen molar-refractivity contribution < 1.29 is 84.8 Å². The Kier molecular flexibility index (Phi) is 35.2. The van der Waals surface area contributed by atoms with Gasteiger partial charge in [0.25, 0.3) is 0 Å². The fourth-order valence-electron chi connectivity index (χ4n) is 9.25. The van der Waals surface area contributed by atoms with Crippen LogP contribution in [0.2, 0.25) is 0 Å². The van der Waals surface area contributed by atoms with Crippen molar-refractivity contribution in [3.05, 3.63) is 221 Å². The summed E-state index contributed by atoms with van der Waals surface area (Å²) in [6.07, 6.45) is 0. The molecule has 0 spiro atoms. The summed E-state index contributed by atoms with van der Waals surface area (Å²) in [6, 6.07) is 60.2. The third-order valence-corrected chi connectivity index (χ3v) is 14.0. The van der Waals surface area contributed by atoms with Gasteiger partial charge in [0, 0.05) is 47.5 Å². The molecule has 4 aromatic heterocycles. The first-order chi connectivity index (χ1) is 48.0. The number of nitrogens with one attached hydrogen (secondary N) is 3. The van der Waals surface area contributed by atoms with Crippen molar-refractivity contribution in [1.82, 2.24) is 39.9 Å². The van der Waals surface area contributed by atoms with Gasteiger partial charge in [0.1, 0.15) is 27.4 Å². The largest absolute Gasteiger partial charge is 1.00 e. The number of aromatic carboxylic acids is 2. The second-order valence-corrected chi connectivity index (χ2v) is 23.4. The Morgan fingerprint density at radius 2 is 0.647 bits per heavy atom. The van der Waals surface area contributed by atoms with Crippen LogP contribution in [0, 0.1) is 0 Å². The van der Waals surface area contributed by atoms with E-state index in [1.54, 1.807) is 72.8 Å². The van der Waals surface area contributed by atoms with E-state index in [9.17, 15) is 23.6 Å². The van der Waals surface area contributed by atoms with Crippen LogP contribution in [0.5, 0.6) is 0 Å². The topological polar surface area (TPSA) is 343 Å². The predicted octanol–water partition coefficient (Wildman–Crippen LogP) is 13.4. The zero-order valence-electron chi connectivity index (χ0n) is 59.1. The van der Waals surface area contributed by atoms with Crippen molar-refractivity contribution in [2.24, 2.45) is 5.73 Å². The van der Waals surface area contributed by atoms with E-state index in [-0.39, 0.29) is 83.7 Å². The van der Waals surface area contributed by atoms with Crippen LogP contribution in [0.15, 0.2) is 199 Å². The van der Waals surface area contributed by atoms with Gasteiger partial charge in [-0.15, -0.1) is 0 Å². The van der Waals surface area contributed by atoms with E-state index in [1.807, 2.05) is 177 Å². The number of carbonyl (C=O) groups excluding carboxylic acids is 2. The average molecular weight is 1460 g/mol. The van der Waals surface area contributed by atoms with Crippen molar-refractivity contribution in [3.8, 4) is 45.0 Å². The molecule has 0 saturated heterocycles. The number of nitrogens with two attached hydrogens (primary N) is 1. The van der Waals surface area contributed by atoms with Crippen molar-refractivity contribution in [1.29, 1.82) is 0 Å². The molecule has 528 valence electrons. The molecule has 4 heterocycles. The molecular weight excluding hydrogens is 1370 g/mol. The molecule has 0 aliphatic rings. The number of carbonyl (C=O) groups is 4. The molecule has 0 bridgehead atoms. The van der Waals surface area contributed by atoms with E-state index in [4.69, 9.17) is 36.9 Å². The Balaban J connectivity index is 0.000000340. The third-order valence-electron chi connectivity index (χ3n) is 13.4. The Morgan fingerprint density at radius 1 is 0.422 bits per heavy atom. The molecular formula is C77H85BrFN12NaO10. The van der Waals surface area contributed by atoms with Crippen LogP contribution in [0.1, 0.15) is 106 Å². The molecule has 9 N–H and O–H groups in total. The maximum absolute atomic E-state index is 11.7. The standard InChI is InChI=1S/C19H19N3O2.2C18H17N3O2.C16H11BrN2O2.C3H9N.CH3F.CH4O.CH4.Na.H2O/c1-12(2)20-18-17(13-7-5-4-6-8-13)21-15-10-9-14(19(23)24-3)11-16(15)22-18;2*1-11(2)19-17-16(12-6-4-3-5-7-12)20-14-9-8-13(18(22)23)10-15(14)21-17;1-21-16(20)11-7-8-12-13(9-11)19-15(17)14(18-12)10-5-3-2-4-6-10;1-3(2)4;2*1-2;;;/h4-12H,1-3H3,(H,20,22);2*3-11H,1-2H3,(H,19,21)(H,22,23);2-9H,1H3;3H,4H2,1-2H3;1H3;2H,1H3;1H4;;1H2/q;;;;;;;;+1;/p-1/i;;;;;1D;;;;. The van der Waals surface area contributed by atoms with Crippen molar-refractivity contribution in [2.45, 2.75) is 87.0 Å². The minimum Gasteiger partial charge on any atom is -0.870 e. The molecule has 0 radical (unpaired) electrons. The molecule has 22 nitrogen and oxygen atoms in total. The minimum absolute atomic E-state index is 0. The van der Waals surface area contributed by atoms with E-state index in [1.165, 1.54) is 14.2 Å². The van der Waals surface area contributed by atoms with Crippen LogP contribution in [0.25, 0.3) is 89.2 Å². The number of hydrogen-bond acceptors (Lipinski definition) is 20. The number of esters is 2. The van der Waals surface area contributed by atoms with Crippen molar-refractivity contribution in [2.75, 3.05) is 44.4 Å². The molecule has 0 fully saturated rings. The number of halogens is 2. The molecule has 0 aliphatic carbocycles. The van der Waals surface area contributed by atoms with Crippen LogP contribution in [0.4, 0.5) is 21.8 Å². The zero-order chi connectivity index (χ0) is 73.0. The van der Waals surface area contributed by atoms with Gasteiger partial charge >= 0.3 is 53.4 Å². The number of aliphatic hydroxyl groups is 1. The predicted molar refractivity (Wildman–Crippen MR) is 404 cm³/mol. The van der Waals surface area contributed by atoms with E-state index in [2.05, 4.69) is 66.8 Å². The molecule has 0 aliphatic heterocycles. The van der Waals surface area contributed by atoms with E-state index in [0.29, 0.717) is 72.3 Å². The first-order valence-electron chi connectivity index (χ1n) is 31.8. The zero-order valence-corrected chi connectivity index (χ0v) is 61.7. The summed E-state index contributed by atoms with van der Waals surface area (Å²) in [5.74, 6) is -0.710. The smallest absolute Gasteiger partial charge is 0.870 e. The summed E-state index contributed by atoms with van der Waals surface area (Å²) in [6.45, 7) is 16.1. The Hall–Kier alpha value is -10.3.